The van der Waals surface area contributed by atoms with Crippen molar-refractivity contribution in [3.63, 3.8) is 0 Å². The van der Waals surface area contributed by atoms with Gasteiger partial charge in [-0.1, -0.05) is 41.9 Å². The molecular formula is C22H19ClN2O4. The quantitative estimate of drug-likeness (QED) is 0.723. The predicted octanol–water partition coefficient (Wildman–Crippen LogP) is 3.52. The fourth-order valence-electron chi connectivity index (χ4n) is 4.39. The van der Waals surface area contributed by atoms with Crippen LogP contribution in [-0.4, -0.2) is 34.4 Å². The number of hydrogen-bond donors (Lipinski definition) is 0. The molecule has 1 saturated heterocycles. The summed E-state index contributed by atoms with van der Waals surface area (Å²) in [6.45, 7) is -0.0172. The Morgan fingerprint density at radius 1 is 1.10 bits per heavy atom. The van der Waals surface area contributed by atoms with E-state index in [4.69, 9.17) is 16.3 Å². The van der Waals surface area contributed by atoms with E-state index in [0.717, 1.165) is 12.8 Å². The smallest absolute Gasteiger partial charge is 0.354 e. The lowest BCUT2D eigenvalue weighted by Crippen LogP contribution is -2.69. The Balaban J connectivity index is 1.56. The van der Waals surface area contributed by atoms with E-state index in [2.05, 4.69) is 0 Å². The van der Waals surface area contributed by atoms with Crippen LogP contribution >= 0.6 is 11.6 Å². The van der Waals surface area contributed by atoms with Crippen molar-refractivity contribution in [2.45, 2.75) is 44.0 Å². The SMILES string of the molecule is O=C1CC[C@]2(C(=O)OCc3ccccc3Cl)N1c1ccccc1C(=O)N2C1CC1. The van der Waals surface area contributed by atoms with E-state index in [1.54, 1.807) is 47.4 Å². The molecule has 2 fully saturated rings. The molecule has 0 bridgehead atoms. The van der Waals surface area contributed by atoms with Crippen LogP contribution in [0.1, 0.15) is 41.6 Å². The number of carbonyl (C=O) groups is 3. The topological polar surface area (TPSA) is 66.9 Å². The Morgan fingerprint density at radius 2 is 1.83 bits per heavy atom. The van der Waals surface area contributed by atoms with Gasteiger partial charge in [0.05, 0.1) is 11.3 Å². The summed E-state index contributed by atoms with van der Waals surface area (Å²) in [5, 5.41) is 0.501. The summed E-state index contributed by atoms with van der Waals surface area (Å²) in [5.74, 6) is -0.980. The van der Waals surface area contributed by atoms with Crippen LogP contribution in [0, 0.1) is 0 Å². The van der Waals surface area contributed by atoms with Crippen molar-refractivity contribution in [3.05, 3.63) is 64.7 Å². The van der Waals surface area contributed by atoms with Gasteiger partial charge < -0.3 is 9.64 Å². The Bertz CT molecular complexity index is 1030. The summed E-state index contributed by atoms with van der Waals surface area (Å²) < 4.78 is 5.66. The predicted molar refractivity (Wildman–Crippen MR) is 106 cm³/mol. The monoisotopic (exact) mass is 410 g/mol. The zero-order valence-electron chi connectivity index (χ0n) is 15.6. The van der Waals surface area contributed by atoms with Gasteiger partial charge in [0.15, 0.2) is 0 Å². The molecule has 29 heavy (non-hydrogen) atoms. The largest absolute Gasteiger partial charge is 0.458 e. The molecule has 0 radical (unpaired) electrons. The van der Waals surface area contributed by atoms with Gasteiger partial charge in [-0.2, -0.15) is 0 Å². The highest BCUT2D eigenvalue weighted by molar-refractivity contribution is 6.31. The number of halogens is 1. The molecule has 1 atom stereocenters. The van der Waals surface area contributed by atoms with Gasteiger partial charge in [-0.15, -0.1) is 0 Å². The van der Waals surface area contributed by atoms with Crippen LogP contribution in [0.2, 0.25) is 5.02 Å². The van der Waals surface area contributed by atoms with E-state index in [1.165, 1.54) is 4.90 Å². The van der Waals surface area contributed by atoms with Crippen LogP contribution in [0.15, 0.2) is 48.5 Å². The molecule has 7 heteroatoms. The van der Waals surface area contributed by atoms with Gasteiger partial charge in [-0.05, 0) is 31.0 Å². The number of rotatable bonds is 4. The highest BCUT2D eigenvalue weighted by atomic mass is 35.5. The molecule has 2 aromatic carbocycles. The maximum Gasteiger partial charge on any atom is 0.354 e. The number of esters is 1. The highest BCUT2D eigenvalue weighted by Crippen LogP contribution is 2.49. The molecule has 2 heterocycles. The average Bonchev–Trinajstić information content (AvgIpc) is 3.50. The Morgan fingerprint density at radius 3 is 2.59 bits per heavy atom. The van der Waals surface area contributed by atoms with E-state index in [9.17, 15) is 14.4 Å². The lowest BCUT2D eigenvalue weighted by Gasteiger charge is -2.48. The second-order valence-corrected chi connectivity index (χ2v) is 8.04. The Kier molecular flexibility index (Phi) is 4.13. The molecule has 5 rings (SSSR count). The molecule has 0 aromatic heterocycles. The molecule has 0 unspecified atom stereocenters. The second kappa shape index (κ2) is 6.59. The molecule has 1 aliphatic carbocycles. The third-order valence-corrected chi connectivity index (χ3v) is 6.22. The number of benzene rings is 2. The molecule has 3 aliphatic rings. The minimum atomic E-state index is -1.43. The van der Waals surface area contributed by atoms with Gasteiger partial charge in [0.2, 0.25) is 11.6 Å². The molecule has 1 saturated carbocycles. The minimum absolute atomic E-state index is 0.0172. The van der Waals surface area contributed by atoms with Crippen LogP contribution in [0.5, 0.6) is 0 Å². The van der Waals surface area contributed by atoms with E-state index < -0.39 is 11.6 Å². The normalized spacial score (nSPS) is 23.1. The molecule has 0 spiro atoms. The van der Waals surface area contributed by atoms with Gasteiger partial charge >= 0.3 is 5.97 Å². The van der Waals surface area contributed by atoms with E-state index in [-0.39, 0.29) is 37.3 Å². The van der Waals surface area contributed by atoms with E-state index in [1.807, 2.05) is 6.07 Å². The van der Waals surface area contributed by atoms with Crippen molar-refractivity contribution in [1.29, 1.82) is 0 Å². The molecular weight excluding hydrogens is 392 g/mol. The minimum Gasteiger partial charge on any atom is -0.458 e. The van der Waals surface area contributed by atoms with Crippen molar-refractivity contribution in [2.75, 3.05) is 4.90 Å². The van der Waals surface area contributed by atoms with Gasteiger partial charge in [0, 0.05) is 29.5 Å². The number of carbonyl (C=O) groups excluding carboxylic acids is 3. The summed E-state index contributed by atoms with van der Waals surface area (Å²) >= 11 is 6.19. The molecule has 2 amide bonds. The third-order valence-electron chi connectivity index (χ3n) is 5.86. The average molecular weight is 411 g/mol. The molecule has 2 aliphatic heterocycles. The number of nitrogens with zero attached hydrogens (tertiary/aromatic N) is 2. The van der Waals surface area contributed by atoms with Gasteiger partial charge in [-0.25, -0.2) is 4.79 Å². The maximum atomic E-state index is 13.5. The van der Waals surface area contributed by atoms with Gasteiger partial charge in [0.1, 0.15) is 6.61 Å². The van der Waals surface area contributed by atoms with Crippen molar-refractivity contribution >= 4 is 35.1 Å². The first-order valence-corrected chi connectivity index (χ1v) is 10.1. The number of hydrogen-bond acceptors (Lipinski definition) is 4. The standard InChI is InChI=1S/C22H19ClN2O4/c23-17-7-3-1-5-14(17)13-29-21(28)22-12-11-19(26)25(22)18-8-4-2-6-16(18)20(27)24(22)15-9-10-15/h1-8,15H,9-13H2/t22-/m1/s1. The highest BCUT2D eigenvalue weighted by Gasteiger charge is 2.64. The first-order valence-electron chi connectivity index (χ1n) is 9.70. The summed E-state index contributed by atoms with van der Waals surface area (Å²) in [6.07, 6.45) is 2.04. The Hall–Kier alpha value is -2.86. The number of fused-ring (bicyclic) bond motifs is 3. The van der Waals surface area contributed by atoms with Crippen molar-refractivity contribution in [3.8, 4) is 0 Å². The van der Waals surface area contributed by atoms with Crippen LogP contribution in [0.3, 0.4) is 0 Å². The number of para-hydroxylation sites is 1. The summed E-state index contributed by atoms with van der Waals surface area (Å²) in [6, 6.07) is 14.0. The zero-order chi connectivity index (χ0) is 20.2. The first kappa shape index (κ1) is 18.2. The summed E-state index contributed by atoms with van der Waals surface area (Å²) in [4.78, 5) is 42.8. The Labute approximate surface area is 173 Å². The van der Waals surface area contributed by atoms with Gasteiger partial charge in [-0.3, -0.25) is 14.5 Å². The summed E-state index contributed by atoms with van der Waals surface area (Å²) in [5.41, 5.74) is 0.177. The number of anilines is 1. The second-order valence-electron chi connectivity index (χ2n) is 7.64. The number of ether oxygens (including phenoxy) is 1. The van der Waals surface area contributed by atoms with Crippen molar-refractivity contribution in [2.24, 2.45) is 0 Å². The van der Waals surface area contributed by atoms with Crippen molar-refractivity contribution < 1.29 is 19.1 Å². The van der Waals surface area contributed by atoms with Crippen LogP contribution < -0.4 is 4.90 Å². The van der Waals surface area contributed by atoms with E-state index in [0.29, 0.717) is 21.8 Å². The molecule has 0 N–H and O–H groups in total. The third kappa shape index (κ3) is 2.66. The van der Waals surface area contributed by atoms with Crippen molar-refractivity contribution in [1.82, 2.24) is 4.90 Å². The van der Waals surface area contributed by atoms with Crippen LogP contribution in [0.4, 0.5) is 5.69 Å². The van der Waals surface area contributed by atoms with E-state index >= 15 is 0 Å². The van der Waals surface area contributed by atoms with Gasteiger partial charge in [0.25, 0.3) is 5.91 Å². The molecule has 148 valence electrons. The fraction of sp³-hybridized carbons (Fsp3) is 0.318. The number of amides is 2. The molecule has 2 aromatic rings. The lowest BCUT2D eigenvalue weighted by molar-refractivity contribution is -0.159. The fourth-order valence-corrected chi connectivity index (χ4v) is 4.58. The first-order chi connectivity index (χ1) is 14.0. The van der Waals surface area contributed by atoms with Crippen LogP contribution in [-0.2, 0) is 20.9 Å². The molecule has 6 nitrogen and oxygen atoms in total. The maximum absolute atomic E-state index is 13.5. The lowest BCUT2D eigenvalue weighted by atomic mass is 9.96. The van der Waals surface area contributed by atoms with Crippen LogP contribution in [0.25, 0.3) is 0 Å². The summed E-state index contributed by atoms with van der Waals surface area (Å²) in [7, 11) is 0. The zero-order valence-corrected chi connectivity index (χ0v) is 16.4.